The zero-order valence-electron chi connectivity index (χ0n) is 15.0. The highest BCUT2D eigenvalue weighted by Crippen LogP contribution is 2.30. The summed E-state index contributed by atoms with van der Waals surface area (Å²) in [5.41, 5.74) is 1.64. The van der Waals surface area contributed by atoms with Crippen molar-refractivity contribution in [3.05, 3.63) is 64.4 Å². The van der Waals surface area contributed by atoms with Gasteiger partial charge in [0.1, 0.15) is 12.3 Å². The minimum Gasteiger partial charge on any atom is -0.506 e. The molecule has 1 aromatic heterocycles. The van der Waals surface area contributed by atoms with Crippen molar-refractivity contribution in [3.8, 4) is 5.75 Å². The fourth-order valence-corrected chi connectivity index (χ4v) is 2.72. The van der Waals surface area contributed by atoms with Crippen LogP contribution in [0.4, 0.5) is 5.69 Å². The molecule has 2 aromatic carbocycles. The Labute approximate surface area is 151 Å². The number of nitrogens with zero attached hydrogens (tertiary/aromatic N) is 2. The maximum Gasteiger partial charge on any atom is 0.246 e. The molecule has 2 N–H and O–H groups in total. The van der Waals surface area contributed by atoms with Gasteiger partial charge in [-0.15, -0.1) is 0 Å². The number of fused-ring (bicyclic) bond motifs is 1. The lowest BCUT2D eigenvalue weighted by Gasteiger charge is -2.20. The van der Waals surface area contributed by atoms with E-state index in [0.717, 1.165) is 5.56 Å². The van der Waals surface area contributed by atoms with Gasteiger partial charge in [0.15, 0.2) is 0 Å². The lowest BCUT2D eigenvalue weighted by molar-refractivity contribution is -0.116. The molecule has 0 aliphatic rings. The van der Waals surface area contributed by atoms with Crippen LogP contribution in [-0.4, -0.2) is 20.8 Å². The Morgan fingerprint density at radius 3 is 2.65 bits per heavy atom. The average molecular weight is 351 g/mol. The summed E-state index contributed by atoms with van der Waals surface area (Å²) in [5.74, 6) is -0.336. The highest BCUT2D eigenvalue weighted by Gasteiger charge is 2.17. The first kappa shape index (κ1) is 17.7. The van der Waals surface area contributed by atoms with Gasteiger partial charge in [0, 0.05) is 5.39 Å². The Morgan fingerprint density at radius 2 is 1.92 bits per heavy atom. The Bertz CT molecular complexity index is 1030. The molecule has 3 aromatic rings. The summed E-state index contributed by atoms with van der Waals surface area (Å²) >= 11 is 0. The van der Waals surface area contributed by atoms with Gasteiger partial charge in [-0.2, -0.15) is 5.10 Å². The molecule has 1 heterocycles. The van der Waals surface area contributed by atoms with Gasteiger partial charge in [-0.1, -0.05) is 39.0 Å². The number of phenols is 1. The molecule has 0 fully saturated rings. The number of carbonyl (C=O) groups excluding carboxylic acids is 1. The monoisotopic (exact) mass is 351 g/mol. The van der Waals surface area contributed by atoms with Crippen molar-refractivity contribution in [1.29, 1.82) is 0 Å². The SMILES string of the molecule is CC(C)(C)c1ccc(O)c(NC(=O)Cn2ncc(=O)c3ccccc32)c1. The number of rotatable bonds is 3. The average Bonchev–Trinajstić information content (AvgIpc) is 2.58. The van der Waals surface area contributed by atoms with Crippen LogP contribution in [-0.2, 0) is 16.8 Å². The van der Waals surface area contributed by atoms with Gasteiger partial charge in [-0.05, 0) is 35.2 Å². The number of amides is 1. The van der Waals surface area contributed by atoms with Gasteiger partial charge < -0.3 is 10.4 Å². The summed E-state index contributed by atoms with van der Waals surface area (Å²) in [6.07, 6.45) is 1.20. The predicted molar refractivity (Wildman–Crippen MR) is 101 cm³/mol. The van der Waals surface area contributed by atoms with Crippen LogP contribution in [0.2, 0.25) is 0 Å². The molecular formula is C20H21N3O3. The Balaban J connectivity index is 1.87. The summed E-state index contributed by atoms with van der Waals surface area (Å²) in [6.45, 7) is 6.10. The van der Waals surface area contributed by atoms with Gasteiger partial charge in [0.25, 0.3) is 0 Å². The quantitative estimate of drug-likeness (QED) is 0.711. The van der Waals surface area contributed by atoms with Crippen molar-refractivity contribution >= 4 is 22.5 Å². The first-order valence-corrected chi connectivity index (χ1v) is 8.34. The van der Waals surface area contributed by atoms with Crippen molar-refractivity contribution in [2.24, 2.45) is 0 Å². The molecule has 0 aliphatic heterocycles. The fraction of sp³-hybridized carbons (Fsp3) is 0.250. The molecular weight excluding hydrogens is 330 g/mol. The van der Waals surface area contributed by atoms with E-state index in [0.29, 0.717) is 16.6 Å². The number of hydrogen-bond donors (Lipinski definition) is 2. The van der Waals surface area contributed by atoms with Gasteiger partial charge in [-0.25, -0.2) is 0 Å². The van der Waals surface area contributed by atoms with Crippen LogP contribution >= 0.6 is 0 Å². The van der Waals surface area contributed by atoms with Crippen molar-refractivity contribution in [2.45, 2.75) is 32.7 Å². The molecule has 0 bridgehead atoms. The summed E-state index contributed by atoms with van der Waals surface area (Å²) in [6, 6.07) is 12.2. The van der Waals surface area contributed by atoms with Crippen molar-refractivity contribution < 1.29 is 9.90 Å². The summed E-state index contributed by atoms with van der Waals surface area (Å²) < 4.78 is 1.47. The molecule has 3 rings (SSSR count). The largest absolute Gasteiger partial charge is 0.506 e. The second kappa shape index (κ2) is 6.63. The molecule has 0 atom stereocenters. The van der Waals surface area contributed by atoms with Crippen LogP contribution < -0.4 is 10.7 Å². The first-order chi connectivity index (χ1) is 12.3. The standard InChI is InChI=1S/C20H21N3O3/c1-20(2,3)13-8-9-17(24)15(10-13)22-19(26)12-23-16-7-5-4-6-14(16)18(25)11-21-23/h4-11,24H,12H2,1-3H3,(H,22,26). The summed E-state index contributed by atoms with van der Waals surface area (Å²) in [5, 5.41) is 17.3. The topological polar surface area (TPSA) is 84.2 Å². The van der Waals surface area contributed by atoms with Crippen molar-refractivity contribution in [2.75, 3.05) is 5.32 Å². The highest BCUT2D eigenvalue weighted by atomic mass is 16.3. The molecule has 0 unspecified atom stereocenters. The molecule has 1 amide bonds. The molecule has 0 saturated carbocycles. The molecule has 134 valence electrons. The number of benzene rings is 2. The van der Waals surface area contributed by atoms with Crippen LogP contribution in [0.5, 0.6) is 5.75 Å². The minimum absolute atomic E-state index is 0.00377. The van der Waals surface area contributed by atoms with Crippen LogP contribution in [0.1, 0.15) is 26.3 Å². The number of aromatic hydroxyl groups is 1. The van der Waals surface area contributed by atoms with Gasteiger partial charge in [0.2, 0.25) is 11.3 Å². The number of phenolic OH excluding ortho intramolecular Hbond substituents is 1. The number of hydrogen-bond acceptors (Lipinski definition) is 4. The third-order valence-corrected chi connectivity index (χ3v) is 4.19. The highest BCUT2D eigenvalue weighted by molar-refractivity contribution is 5.93. The van der Waals surface area contributed by atoms with E-state index in [1.54, 1.807) is 36.4 Å². The Hall–Kier alpha value is -3.15. The predicted octanol–water partition coefficient (Wildman–Crippen LogP) is 3.04. The first-order valence-electron chi connectivity index (χ1n) is 8.34. The molecule has 0 aliphatic carbocycles. The maximum absolute atomic E-state index is 12.5. The zero-order valence-corrected chi connectivity index (χ0v) is 15.0. The van der Waals surface area contributed by atoms with E-state index < -0.39 is 0 Å². The smallest absolute Gasteiger partial charge is 0.246 e. The van der Waals surface area contributed by atoms with E-state index in [1.165, 1.54) is 10.9 Å². The van der Waals surface area contributed by atoms with Crippen molar-refractivity contribution in [3.63, 3.8) is 0 Å². The second-order valence-corrected chi connectivity index (χ2v) is 7.21. The van der Waals surface area contributed by atoms with E-state index in [-0.39, 0.29) is 29.0 Å². The van der Waals surface area contributed by atoms with Gasteiger partial charge in [-0.3, -0.25) is 14.3 Å². The van der Waals surface area contributed by atoms with E-state index in [1.807, 2.05) is 6.07 Å². The minimum atomic E-state index is -0.340. The molecule has 0 spiro atoms. The lowest BCUT2D eigenvalue weighted by Crippen LogP contribution is -2.22. The Morgan fingerprint density at radius 1 is 1.19 bits per heavy atom. The maximum atomic E-state index is 12.5. The normalized spacial score (nSPS) is 11.5. The third-order valence-electron chi connectivity index (χ3n) is 4.19. The van der Waals surface area contributed by atoms with E-state index in [9.17, 15) is 14.7 Å². The molecule has 6 heteroatoms. The Kier molecular flexibility index (Phi) is 4.50. The third kappa shape index (κ3) is 3.59. The molecule has 26 heavy (non-hydrogen) atoms. The van der Waals surface area contributed by atoms with E-state index in [4.69, 9.17) is 0 Å². The number of anilines is 1. The zero-order chi connectivity index (χ0) is 18.9. The van der Waals surface area contributed by atoms with Crippen LogP contribution in [0.3, 0.4) is 0 Å². The molecule has 0 saturated heterocycles. The van der Waals surface area contributed by atoms with Crippen molar-refractivity contribution in [1.82, 2.24) is 9.78 Å². The van der Waals surface area contributed by atoms with Crippen LogP contribution in [0.15, 0.2) is 53.5 Å². The fourth-order valence-electron chi connectivity index (χ4n) is 2.72. The summed E-state index contributed by atoms with van der Waals surface area (Å²) in [7, 11) is 0. The lowest BCUT2D eigenvalue weighted by atomic mass is 9.87. The molecule has 6 nitrogen and oxygen atoms in total. The molecule has 0 radical (unpaired) electrons. The summed E-state index contributed by atoms with van der Waals surface area (Å²) in [4.78, 5) is 24.3. The van der Waals surface area contributed by atoms with E-state index in [2.05, 4.69) is 31.2 Å². The van der Waals surface area contributed by atoms with Gasteiger partial charge >= 0.3 is 0 Å². The van der Waals surface area contributed by atoms with Crippen LogP contribution in [0, 0.1) is 0 Å². The van der Waals surface area contributed by atoms with E-state index >= 15 is 0 Å². The number of nitrogens with one attached hydrogen (secondary N) is 1. The van der Waals surface area contributed by atoms with Gasteiger partial charge in [0.05, 0.1) is 17.4 Å². The second-order valence-electron chi connectivity index (χ2n) is 7.21. The number of carbonyl (C=O) groups is 1. The number of aromatic nitrogens is 2. The van der Waals surface area contributed by atoms with Crippen LogP contribution in [0.25, 0.3) is 10.9 Å². The number of para-hydroxylation sites is 1.